The van der Waals surface area contributed by atoms with Gasteiger partial charge >= 0.3 is 24.1 Å². The number of aliphatic hydroxyl groups is 1. The van der Waals surface area contributed by atoms with Crippen LogP contribution in [0.2, 0.25) is 0 Å². The quantitative estimate of drug-likeness (QED) is 0.0671. The Bertz CT molecular complexity index is 1140. The third-order valence-electron chi connectivity index (χ3n) is 3.75. The summed E-state index contributed by atoms with van der Waals surface area (Å²) in [6, 6.07) is 15.8. The summed E-state index contributed by atoms with van der Waals surface area (Å²) in [4.78, 5) is 50.0. The summed E-state index contributed by atoms with van der Waals surface area (Å²) in [5.41, 5.74) is 8.23. The van der Waals surface area contributed by atoms with Gasteiger partial charge in [0.2, 0.25) is 0 Å². The van der Waals surface area contributed by atoms with E-state index >= 15 is 0 Å². The molecular weight excluding hydrogens is 608 g/mol. The maximum atomic E-state index is 11.0. The van der Waals surface area contributed by atoms with E-state index in [0.29, 0.717) is 0 Å². The van der Waals surface area contributed by atoms with Gasteiger partial charge in [0.25, 0.3) is 0 Å². The van der Waals surface area contributed by atoms with Crippen LogP contribution in [0.15, 0.2) is 70.1 Å². The fraction of sp³-hybridized carbons (Fsp3) is 0.355. The highest BCUT2D eigenvalue weighted by Crippen LogP contribution is 2.25. The van der Waals surface area contributed by atoms with Gasteiger partial charge in [0.05, 0.1) is 27.0 Å². The van der Waals surface area contributed by atoms with Crippen LogP contribution in [0.4, 0.5) is 11.4 Å². The Hall–Kier alpha value is -4.21. The maximum absolute atomic E-state index is 11.0. The van der Waals surface area contributed by atoms with Crippen LogP contribution in [0, 0.1) is 11.8 Å². The van der Waals surface area contributed by atoms with Crippen LogP contribution in [-0.4, -0.2) is 70.1 Å². The van der Waals surface area contributed by atoms with Gasteiger partial charge in [0, 0.05) is 46.2 Å². The number of para-hydroxylation sites is 2. The number of carbonyl (C=O) groups excluding carboxylic acids is 5. The van der Waals surface area contributed by atoms with E-state index in [1.54, 1.807) is 23.5 Å². The zero-order chi connectivity index (χ0) is 31.3. The van der Waals surface area contributed by atoms with E-state index in [1.165, 1.54) is 27.4 Å². The van der Waals surface area contributed by atoms with Crippen LogP contribution in [0.5, 0.6) is 0 Å². The van der Waals surface area contributed by atoms with Gasteiger partial charge in [-0.25, -0.2) is 14.4 Å². The molecule has 250 valence electrons. The van der Waals surface area contributed by atoms with Crippen LogP contribution in [0.1, 0.15) is 36.6 Å². The minimum atomic E-state index is -0.759. The molecule has 0 aliphatic carbocycles. The SMILES string of the molecule is C.C.C.C.CO.COC(=O)/C=C(\C)Nc1ccccc1SC.COC(=O)C#CC(=O)OC.CSc1ccccc1N.O=C=O. The number of esters is 3. The predicted molar refractivity (Wildman–Crippen MR) is 182 cm³/mol. The van der Waals surface area contributed by atoms with Gasteiger partial charge in [-0.2, -0.15) is 9.59 Å². The lowest BCUT2D eigenvalue weighted by Crippen LogP contribution is -2.02. The molecule has 0 bridgehead atoms. The standard InChI is InChI=1S/C12H15NO2S.C7H9NS.C6H6O4.CO2.CH4O.4CH4/c1-9(8-12(14)15-2)13-10-6-4-5-7-11(10)16-3;1-9-7-5-3-2-4-6(7)8;1-9-5(7)3-4-6(8)10-2;2-1-3;1-2;;;;/h4-8,13H,1-3H3;2-5H,8H2,1H3;1-2H3;;2H,1H3;4*1H4/b9-8+;;;;;;;;. The first kappa shape index (κ1) is 55.7. The first-order valence-corrected chi connectivity index (χ1v) is 13.2. The topological polar surface area (TPSA) is 171 Å². The summed E-state index contributed by atoms with van der Waals surface area (Å²) in [5, 5.41) is 10.2. The molecule has 0 saturated carbocycles. The third kappa shape index (κ3) is 30.7. The Balaban J connectivity index is -0.0000000863. The molecule has 0 aromatic heterocycles. The third-order valence-corrected chi connectivity index (χ3v) is 5.36. The van der Waals surface area contributed by atoms with Crippen LogP contribution >= 0.6 is 23.5 Å². The number of carbonyl (C=O) groups is 3. The van der Waals surface area contributed by atoms with E-state index in [0.717, 1.165) is 34.0 Å². The normalized spacial score (nSPS) is 7.86. The molecule has 0 atom stereocenters. The first-order chi connectivity index (χ1) is 19.1. The minimum absolute atomic E-state index is 0. The van der Waals surface area contributed by atoms with Crippen LogP contribution < -0.4 is 11.1 Å². The fourth-order valence-electron chi connectivity index (χ4n) is 2.10. The smallest absolute Gasteiger partial charge is 0.384 e. The Morgan fingerprint density at radius 2 is 1.16 bits per heavy atom. The van der Waals surface area contributed by atoms with Crippen molar-refractivity contribution in [3.8, 4) is 11.8 Å². The maximum Gasteiger partial charge on any atom is 0.384 e. The highest BCUT2D eigenvalue weighted by atomic mass is 32.2. The number of rotatable bonds is 5. The number of nitrogens with one attached hydrogen (secondary N) is 1. The summed E-state index contributed by atoms with van der Waals surface area (Å²) >= 11 is 3.33. The van der Waals surface area contributed by atoms with Crippen molar-refractivity contribution < 1.29 is 43.3 Å². The van der Waals surface area contributed by atoms with Crippen molar-refractivity contribution in [2.45, 2.75) is 46.4 Å². The number of aliphatic hydroxyl groups excluding tert-OH is 1. The monoisotopic (exact) mass is 658 g/mol. The summed E-state index contributed by atoms with van der Waals surface area (Å²) in [6.45, 7) is 1.83. The van der Waals surface area contributed by atoms with E-state index < -0.39 is 11.9 Å². The molecule has 13 heteroatoms. The van der Waals surface area contributed by atoms with Crippen molar-refractivity contribution in [2.24, 2.45) is 0 Å². The van der Waals surface area contributed by atoms with Crippen molar-refractivity contribution in [1.29, 1.82) is 0 Å². The molecule has 0 aliphatic rings. The second-order valence-corrected chi connectivity index (χ2v) is 7.93. The van der Waals surface area contributed by atoms with Gasteiger partial charge in [0.1, 0.15) is 0 Å². The number of hydrogen-bond acceptors (Lipinski definition) is 13. The van der Waals surface area contributed by atoms with E-state index in [2.05, 4.69) is 19.5 Å². The van der Waals surface area contributed by atoms with E-state index in [1.807, 2.05) is 79.8 Å². The lowest BCUT2D eigenvalue weighted by molar-refractivity contribution is -0.191. The summed E-state index contributed by atoms with van der Waals surface area (Å²) in [5.74, 6) is 1.92. The van der Waals surface area contributed by atoms with E-state index in [-0.39, 0.29) is 41.8 Å². The van der Waals surface area contributed by atoms with E-state index in [9.17, 15) is 14.4 Å². The molecule has 0 fully saturated rings. The average molecular weight is 659 g/mol. The number of thioether (sulfide) groups is 2. The molecule has 0 spiro atoms. The lowest BCUT2D eigenvalue weighted by Gasteiger charge is -2.10. The number of allylic oxidation sites excluding steroid dienone is 1. The van der Waals surface area contributed by atoms with Crippen molar-refractivity contribution in [1.82, 2.24) is 0 Å². The summed E-state index contributed by atoms with van der Waals surface area (Å²) in [6.07, 6.45) is 5.71. The molecule has 44 heavy (non-hydrogen) atoms. The lowest BCUT2D eigenvalue weighted by atomic mass is 10.3. The minimum Gasteiger partial charge on any atom is -0.466 e. The van der Waals surface area contributed by atoms with Gasteiger partial charge in [-0.15, -0.1) is 23.5 Å². The van der Waals surface area contributed by atoms with Crippen molar-refractivity contribution >= 4 is 59.0 Å². The summed E-state index contributed by atoms with van der Waals surface area (Å²) < 4.78 is 12.8. The number of nitrogen functional groups attached to an aromatic ring is 1. The number of nitrogens with two attached hydrogens (primary N) is 1. The van der Waals surface area contributed by atoms with Crippen LogP contribution in [0.25, 0.3) is 0 Å². The second kappa shape index (κ2) is 38.8. The highest BCUT2D eigenvalue weighted by molar-refractivity contribution is 7.99. The number of hydrogen-bond donors (Lipinski definition) is 3. The van der Waals surface area contributed by atoms with Crippen LogP contribution in [0.3, 0.4) is 0 Å². The molecule has 2 aromatic carbocycles. The second-order valence-electron chi connectivity index (χ2n) is 6.23. The molecule has 4 N–H and O–H groups in total. The van der Waals surface area contributed by atoms with Crippen LogP contribution in [-0.2, 0) is 38.2 Å². The van der Waals surface area contributed by atoms with Crippen molar-refractivity contribution in [3.05, 3.63) is 60.3 Å². The molecule has 2 rings (SSSR count). The van der Waals surface area contributed by atoms with Gasteiger partial charge in [-0.1, -0.05) is 54.0 Å². The Labute approximate surface area is 272 Å². The van der Waals surface area contributed by atoms with Crippen molar-refractivity contribution in [3.63, 3.8) is 0 Å². The molecule has 0 radical (unpaired) electrons. The van der Waals surface area contributed by atoms with E-state index in [4.69, 9.17) is 20.4 Å². The molecular formula is C31H50N2O9S2. The van der Waals surface area contributed by atoms with Gasteiger partial charge in [-0.05, 0) is 43.7 Å². The number of ether oxygens (including phenoxy) is 3. The van der Waals surface area contributed by atoms with Gasteiger partial charge in [0.15, 0.2) is 0 Å². The zero-order valence-electron chi connectivity index (χ0n) is 23.3. The molecule has 11 nitrogen and oxygen atoms in total. The number of methoxy groups -OCH3 is 3. The Morgan fingerprint density at radius 3 is 1.50 bits per heavy atom. The number of benzene rings is 2. The van der Waals surface area contributed by atoms with Crippen molar-refractivity contribution in [2.75, 3.05) is 52.0 Å². The molecule has 0 aliphatic heterocycles. The molecule has 0 saturated heterocycles. The average Bonchev–Trinajstić information content (AvgIpc) is 2.98. The largest absolute Gasteiger partial charge is 0.466 e. The molecule has 0 unspecified atom stereocenters. The molecule has 0 amide bonds. The Kier molecular flexibility index (Phi) is 49.1. The number of anilines is 2. The predicted octanol–water partition coefficient (Wildman–Crippen LogP) is 5.79. The molecule has 2 aromatic rings. The highest BCUT2D eigenvalue weighted by Gasteiger charge is 2.01. The zero-order valence-corrected chi connectivity index (χ0v) is 24.9. The van der Waals surface area contributed by atoms with Gasteiger partial charge in [-0.3, -0.25) is 0 Å². The summed E-state index contributed by atoms with van der Waals surface area (Å²) in [7, 11) is 4.71. The fourth-order valence-corrected chi connectivity index (χ4v) is 3.17. The van der Waals surface area contributed by atoms with Gasteiger partial charge < -0.3 is 30.4 Å². The molecule has 0 heterocycles. The first-order valence-electron chi connectivity index (χ1n) is 10.8. The Morgan fingerprint density at radius 1 is 0.773 bits per heavy atom.